The van der Waals surface area contributed by atoms with Crippen molar-refractivity contribution in [1.82, 2.24) is 0 Å². The first-order valence-electron chi connectivity index (χ1n) is 5.55. The van der Waals surface area contributed by atoms with E-state index in [2.05, 4.69) is 35.9 Å². The van der Waals surface area contributed by atoms with Crippen LogP contribution in [0.5, 0.6) is 0 Å². The first kappa shape index (κ1) is 10.5. The summed E-state index contributed by atoms with van der Waals surface area (Å²) < 4.78 is 6.13. The zero-order valence-electron chi connectivity index (χ0n) is 9.23. The molecule has 0 radical (unpaired) electrons. The van der Waals surface area contributed by atoms with Gasteiger partial charge in [0.05, 0.1) is 0 Å². The third kappa shape index (κ3) is 1.46. The highest BCUT2D eigenvalue weighted by Gasteiger charge is 2.41. The molecule has 1 atom stereocenters. The monoisotopic (exact) mass is 250 g/mol. The molecule has 0 saturated carbocycles. The Morgan fingerprint density at radius 3 is 2.75 bits per heavy atom. The predicted octanol–water partition coefficient (Wildman–Crippen LogP) is 4.17. The lowest BCUT2D eigenvalue weighted by Crippen LogP contribution is -2.24. The number of thiophene rings is 2. The summed E-state index contributed by atoms with van der Waals surface area (Å²) in [5.74, 6) is 0. The van der Waals surface area contributed by atoms with Crippen LogP contribution in [0.15, 0.2) is 29.0 Å². The van der Waals surface area contributed by atoms with Gasteiger partial charge in [-0.2, -0.15) is 0 Å². The topological polar surface area (TPSA) is 9.23 Å². The van der Waals surface area contributed by atoms with E-state index in [-0.39, 0.29) is 5.60 Å². The van der Waals surface area contributed by atoms with Gasteiger partial charge in [-0.3, -0.25) is 0 Å². The molecule has 0 spiro atoms. The van der Waals surface area contributed by atoms with Crippen molar-refractivity contribution >= 4 is 22.7 Å². The average Bonchev–Trinajstić information content (AvgIpc) is 2.97. The molecule has 1 fully saturated rings. The Hall–Kier alpha value is -0.640. The number of rotatable bonds is 2. The summed E-state index contributed by atoms with van der Waals surface area (Å²) in [6, 6.07) is 6.51. The lowest BCUT2D eigenvalue weighted by molar-refractivity contribution is 0.0415. The fourth-order valence-electron chi connectivity index (χ4n) is 2.42. The maximum Gasteiger partial charge on any atom is 0.137 e. The van der Waals surface area contributed by atoms with Crippen molar-refractivity contribution in [3.05, 3.63) is 44.3 Å². The molecule has 16 heavy (non-hydrogen) atoms. The normalized spacial score (nSPS) is 25.1. The van der Waals surface area contributed by atoms with Gasteiger partial charge in [-0.05, 0) is 48.2 Å². The fourth-order valence-corrected chi connectivity index (χ4v) is 4.52. The molecule has 1 unspecified atom stereocenters. The molecule has 0 aliphatic carbocycles. The van der Waals surface area contributed by atoms with Crippen molar-refractivity contribution in [1.29, 1.82) is 0 Å². The lowest BCUT2D eigenvalue weighted by atomic mass is 9.94. The summed E-state index contributed by atoms with van der Waals surface area (Å²) in [5, 5.41) is 4.31. The molecule has 3 heterocycles. The van der Waals surface area contributed by atoms with Crippen LogP contribution in [0, 0.1) is 6.92 Å². The van der Waals surface area contributed by atoms with Gasteiger partial charge in [-0.25, -0.2) is 0 Å². The average molecular weight is 250 g/mol. The minimum Gasteiger partial charge on any atom is -0.364 e. The molecular formula is C13H14OS2. The van der Waals surface area contributed by atoms with Crippen molar-refractivity contribution in [2.45, 2.75) is 25.4 Å². The van der Waals surface area contributed by atoms with E-state index in [1.54, 1.807) is 0 Å². The van der Waals surface area contributed by atoms with Crippen LogP contribution in [0.2, 0.25) is 0 Å². The summed E-state index contributed by atoms with van der Waals surface area (Å²) in [7, 11) is 0. The first-order valence-corrected chi connectivity index (χ1v) is 7.31. The Labute approximate surface area is 104 Å². The van der Waals surface area contributed by atoms with Gasteiger partial charge in [-0.1, -0.05) is 6.07 Å². The predicted molar refractivity (Wildman–Crippen MR) is 69.3 cm³/mol. The van der Waals surface area contributed by atoms with Crippen LogP contribution < -0.4 is 0 Å². The van der Waals surface area contributed by atoms with E-state index in [9.17, 15) is 0 Å². The largest absolute Gasteiger partial charge is 0.364 e. The maximum absolute atomic E-state index is 6.13. The summed E-state index contributed by atoms with van der Waals surface area (Å²) in [6.45, 7) is 3.07. The Morgan fingerprint density at radius 2 is 2.19 bits per heavy atom. The van der Waals surface area contributed by atoms with Gasteiger partial charge in [-0.15, -0.1) is 22.7 Å². The van der Waals surface area contributed by atoms with Crippen LogP contribution in [0.4, 0.5) is 0 Å². The molecule has 2 aromatic rings. The highest BCUT2D eigenvalue weighted by atomic mass is 32.1. The fraction of sp³-hybridized carbons (Fsp3) is 0.385. The first-order chi connectivity index (χ1) is 7.83. The standard InChI is InChI=1S/C13H14OS2/c1-10-5-9-16-12(10)13(6-3-7-14-13)11-4-2-8-15-11/h2,4-5,8-9H,3,6-7H2,1H3. The quantitative estimate of drug-likeness (QED) is 0.777. The van der Waals surface area contributed by atoms with Crippen molar-refractivity contribution in [2.75, 3.05) is 6.61 Å². The van der Waals surface area contributed by atoms with E-state index < -0.39 is 0 Å². The van der Waals surface area contributed by atoms with Crippen molar-refractivity contribution in [3.8, 4) is 0 Å². The second kappa shape index (κ2) is 3.99. The Kier molecular flexibility index (Phi) is 2.62. The number of hydrogen-bond donors (Lipinski definition) is 0. The van der Waals surface area contributed by atoms with Gasteiger partial charge in [0.2, 0.25) is 0 Å². The maximum atomic E-state index is 6.13. The zero-order chi connectivity index (χ0) is 11.0. The van der Waals surface area contributed by atoms with E-state index in [1.165, 1.54) is 15.3 Å². The molecule has 1 nitrogen and oxygen atoms in total. The molecule has 0 N–H and O–H groups in total. The van der Waals surface area contributed by atoms with E-state index >= 15 is 0 Å². The smallest absolute Gasteiger partial charge is 0.137 e. The van der Waals surface area contributed by atoms with Crippen LogP contribution in [0.25, 0.3) is 0 Å². The Morgan fingerprint density at radius 1 is 1.25 bits per heavy atom. The van der Waals surface area contributed by atoms with Gasteiger partial charge >= 0.3 is 0 Å². The molecule has 0 amide bonds. The second-order valence-corrected chi connectivity index (χ2v) is 6.05. The molecule has 1 saturated heterocycles. The van der Waals surface area contributed by atoms with Gasteiger partial charge in [0.1, 0.15) is 5.60 Å². The van der Waals surface area contributed by atoms with Crippen molar-refractivity contribution in [2.24, 2.45) is 0 Å². The van der Waals surface area contributed by atoms with Crippen LogP contribution in [0.3, 0.4) is 0 Å². The third-order valence-electron chi connectivity index (χ3n) is 3.17. The Balaban J connectivity index is 2.14. The molecule has 0 aromatic carbocycles. The number of hydrogen-bond acceptors (Lipinski definition) is 3. The van der Waals surface area contributed by atoms with Crippen LogP contribution in [-0.2, 0) is 10.3 Å². The molecule has 1 aliphatic heterocycles. The minimum atomic E-state index is -0.133. The second-order valence-electron chi connectivity index (χ2n) is 4.19. The summed E-state index contributed by atoms with van der Waals surface area (Å²) >= 11 is 3.63. The van der Waals surface area contributed by atoms with Crippen LogP contribution in [-0.4, -0.2) is 6.61 Å². The Bertz CT molecular complexity index is 464. The number of aryl methyl sites for hydroxylation is 1. The molecule has 0 bridgehead atoms. The van der Waals surface area contributed by atoms with E-state index in [4.69, 9.17) is 4.74 Å². The van der Waals surface area contributed by atoms with Gasteiger partial charge in [0.25, 0.3) is 0 Å². The summed E-state index contributed by atoms with van der Waals surface area (Å²) in [6.07, 6.45) is 2.28. The van der Waals surface area contributed by atoms with Gasteiger partial charge in [0, 0.05) is 16.4 Å². The lowest BCUT2D eigenvalue weighted by Gasteiger charge is -2.27. The summed E-state index contributed by atoms with van der Waals surface area (Å²) in [4.78, 5) is 2.75. The molecule has 3 heteroatoms. The molecular weight excluding hydrogens is 236 g/mol. The molecule has 84 valence electrons. The summed E-state index contributed by atoms with van der Waals surface area (Å²) in [5.41, 5.74) is 1.23. The van der Waals surface area contributed by atoms with E-state index in [0.717, 1.165) is 19.4 Å². The highest BCUT2D eigenvalue weighted by Crippen LogP contribution is 2.47. The van der Waals surface area contributed by atoms with Gasteiger partial charge < -0.3 is 4.74 Å². The van der Waals surface area contributed by atoms with Crippen LogP contribution in [0.1, 0.15) is 28.2 Å². The van der Waals surface area contributed by atoms with Gasteiger partial charge in [0.15, 0.2) is 0 Å². The van der Waals surface area contributed by atoms with Crippen molar-refractivity contribution in [3.63, 3.8) is 0 Å². The highest BCUT2D eigenvalue weighted by molar-refractivity contribution is 7.11. The SMILES string of the molecule is Cc1ccsc1C1(c2cccs2)CCCO1. The van der Waals surface area contributed by atoms with E-state index in [1.807, 2.05) is 22.7 Å². The minimum absolute atomic E-state index is 0.133. The molecule has 2 aromatic heterocycles. The third-order valence-corrected chi connectivity index (χ3v) is 5.34. The van der Waals surface area contributed by atoms with Crippen molar-refractivity contribution < 1.29 is 4.74 Å². The van der Waals surface area contributed by atoms with Crippen LogP contribution >= 0.6 is 22.7 Å². The zero-order valence-corrected chi connectivity index (χ0v) is 10.9. The van der Waals surface area contributed by atoms with E-state index in [0.29, 0.717) is 0 Å². The molecule has 3 rings (SSSR count). The molecule has 1 aliphatic rings. The number of ether oxygens (including phenoxy) is 1.